The molecule has 1 fully saturated rings. The van der Waals surface area contributed by atoms with Gasteiger partial charge >= 0.3 is 0 Å². The molecule has 1 aliphatic rings. The third kappa shape index (κ3) is 4.95. The highest BCUT2D eigenvalue weighted by atomic mass is 35.5. The number of nitrogens with one attached hydrogen (secondary N) is 1. The van der Waals surface area contributed by atoms with Gasteiger partial charge in [-0.2, -0.15) is 0 Å². The molecule has 1 N–H and O–H groups in total. The Morgan fingerprint density at radius 2 is 2.24 bits per heavy atom. The minimum Gasteiger partial charge on any atom is -0.370 e. The molecule has 1 amide bonds. The van der Waals surface area contributed by atoms with Crippen molar-refractivity contribution in [1.29, 1.82) is 0 Å². The highest BCUT2D eigenvalue weighted by Gasteiger charge is 2.22. The summed E-state index contributed by atoms with van der Waals surface area (Å²) in [6.45, 7) is 4.64. The van der Waals surface area contributed by atoms with Crippen LogP contribution in [0.3, 0.4) is 0 Å². The number of nitrogens with zero attached hydrogens (tertiary/aromatic N) is 2. The maximum atomic E-state index is 12.7. The average Bonchev–Trinajstić information content (AvgIpc) is 2.61. The molecular weight excluding hydrogens is 334 g/mol. The van der Waals surface area contributed by atoms with Crippen LogP contribution in [0.4, 0.5) is 5.82 Å². The Hall–Kier alpha value is -2.07. The van der Waals surface area contributed by atoms with Gasteiger partial charge in [-0.3, -0.25) is 4.79 Å². The molecule has 1 aromatic heterocycles. The summed E-state index contributed by atoms with van der Waals surface area (Å²) in [6.07, 6.45) is 4.84. The molecule has 2 heterocycles. The summed E-state index contributed by atoms with van der Waals surface area (Å²) in [5.41, 5.74) is 1.88. The van der Waals surface area contributed by atoms with Crippen LogP contribution in [0.5, 0.6) is 0 Å². The highest BCUT2D eigenvalue weighted by Crippen LogP contribution is 2.19. The molecule has 1 unspecified atom stereocenters. The number of hydrogen-bond donors (Lipinski definition) is 1. The number of aromatic nitrogens is 1. The number of piperidine rings is 1. The van der Waals surface area contributed by atoms with Crippen LogP contribution in [-0.2, 0) is 6.42 Å². The smallest absolute Gasteiger partial charge is 0.254 e. The second-order valence-corrected chi connectivity index (χ2v) is 7.17. The Labute approximate surface area is 154 Å². The van der Waals surface area contributed by atoms with Gasteiger partial charge in [-0.05, 0) is 55.0 Å². The number of pyridine rings is 1. The predicted octanol–water partition coefficient (Wildman–Crippen LogP) is 4.26. The minimum atomic E-state index is 0.104. The maximum absolute atomic E-state index is 12.7. The molecule has 0 saturated carbocycles. The number of halogens is 1. The van der Waals surface area contributed by atoms with Crippen molar-refractivity contribution in [3.05, 3.63) is 58.7 Å². The lowest BCUT2D eigenvalue weighted by atomic mass is 9.99. The van der Waals surface area contributed by atoms with E-state index in [2.05, 4.69) is 23.3 Å². The first-order valence-electron chi connectivity index (χ1n) is 8.85. The third-order valence-electron chi connectivity index (χ3n) is 4.56. The highest BCUT2D eigenvalue weighted by molar-refractivity contribution is 6.30. The van der Waals surface area contributed by atoms with E-state index in [1.165, 1.54) is 12.0 Å². The van der Waals surface area contributed by atoms with Crippen molar-refractivity contribution in [2.24, 2.45) is 5.92 Å². The number of benzene rings is 1. The van der Waals surface area contributed by atoms with E-state index in [0.717, 1.165) is 43.3 Å². The number of amides is 1. The van der Waals surface area contributed by atoms with E-state index in [4.69, 9.17) is 11.6 Å². The molecule has 132 valence electrons. The molecule has 0 spiro atoms. The van der Waals surface area contributed by atoms with Crippen molar-refractivity contribution in [3.63, 3.8) is 0 Å². The van der Waals surface area contributed by atoms with E-state index < -0.39 is 0 Å². The Kier molecular flexibility index (Phi) is 5.92. The van der Waals surface area contributed by atoms with Gasteiger partial charge in [0.25, 0.3) is 5.91 Å². The van der Waals surface area contributed by atoms with Gasteiger partial charge in [0, 0.05) is 36.4 Å². The van der Waals surface area contributed by atoms with Crippen LogP contribution in [0.15, 0.2) is 42.6 Å². The van der Waals surface area contributed by atoms with Gasteiger partial charge in [-0.15, -0.1) is 0 Å². The Balaban J connectivity index is 1.58. The van der Waals surface area contributed by atoms with Crippen LogP contribution in [0.1, 0.15) is 35.7 Å². The topological polar surface area (TPSA) is 45.2 Å². The Morgan fingerprint density at radius 1 is 1.36 bits per heavy atom. The zero-order valence-corrected chi connectivity index (χ0v) is 15.3. The molecular formula is C20H24ClN3O. The molecule has 5 heteroatoms. The number of anilines is 1. The SMILES string of the molecule is CC1CCCN(C(=O)c2ccnc(NCCc3cccc(Cl)c3)c2)C1. The van der Waals surface area contributed by atoms with Crippen LogP contribution in [0.2, 0.25) is 5.02 Å². The zero-order chi connectivity index (χ0) is 17.6. The normalized spacial score (nSPS) is 17.4. The van der Waals surface area contributed by atoms with Crippen molar-refractivity contribution in [2.45, 2.75) is 26.2 Å². The number of rotatable bonds is 5. The van der Waals surface area contributed by atoms with E-state index in [0.29, 0.717) is 11.5 Å². The monoisotopic (exact) mass is 357 g/mol. The van der Waals surface area contributed by atoms with Crippen LogP contribution in [-0.4, -0.2) is 35.4 Å². The van der Waals surface area contributed by atoms with Crippen molar-refractivity contribution >= 4 is 23.3 Å². The average molecular weight is 358 g/mol. The van der Waals surface area contributed by atoms with Gasteiger partial charge in [-0.1, -0.05) is 30.7 Å². The number of carbonyl (C=O) groups is 1. The largest absolute Gasteiger partial charge is 0.370 e. The van der Waals surface area contributed by atoms with Gasteiger partial charge in [0.2, 0.25) is 0 Å². The molecule has 2 aromatic rings. The van der Waals surface area contributed by atoms with Gasteiger partial charge in [0.1, 0.15) is 5.82 Å². The number of likely N-dealkylation sites (tertiary alicyclic amines) is 1. The molecule has 1 saturated heterocycles. The maximum Gasteiger partial charge on any atom is 0.254 e. The minimum absolute atomic E-state index is 0.104. The zero-order valence-electron chi connectivity index (χ0n) is 14.5. The molecule has 1 atom stereocenters. The van der Waals surface area contributed by atoms with Crippen molar-refractivity contribution in [3.8, 4) is 0 Å². The Bertz CT molecular complexity index is 734. The lowest BCUT2D eigenvalue weighted by Gasteiger charge is -2.31. The van der Waals surface area contributed by atoms with E-state index in [1.807, 2.05) is 29.2 Å². The summed E-state index contributed by atoms with van der Waals surface area (Å²) in [5.74, 6) is 1.42. The summed E-state index contributed by atoms with van der Waals surface area (Å²) in [6, 6.07) is 11.5. The molecule has 0 radical (unpaired) electrons. The lowest BCUT2D eigenvalue weighted by molar-refractivity contribution is 0.0683. The van der Waals surface area contributed by atoms with Gasteiger partial charge in [-0.25, -0.2) is 4.98 Å². The molecule has 25 heavy (non-hydrogen) atoms. The fraction of sp³-hybridized carbons (Fsp3) is 0.400. The summed E-state index contributed by atoms with van der Waals surface area (Å²) in [5, 5.41) is 4.04. The third-order valence-corrected chi connectivity index (χ3v) is 4.80. The molecule has 1 aromatic carbocycles. The second kappa shape index (κ2) is 8.34. The molecule has 1 aliphatic heterocycles. The summed E-state index contributed by atoms with van der Waals surface area (Å²) < 4.78 is 0. The molecule has 3 rings (SSSR count). The van der Waals surface area contributed by atoms with Gasteiger partial charge in [0.05, 0.1) is 0 Å². The summed E-state index contributed by atoms with van der Waals surface area (Å²) in [4.78, 5) is 19.0. The van der Waals surface area contributed by atoms with Crippen LogP contribution < -0.4 is 5.32 Å². The first kappa shape index (κ1) is 17.7. The Morgan fingerprint density at radius 3 is 3.04 bits per heavy atom. The summed E-state index contributed by atoms with van der Waals surface area (Å²) >= 11 is 6.01. The van der Waals surface area contributed by atoms with Crippen LogP contribution >= 0.6 is 11.6 Å². The van der Waals surface area contributed by atoms with Crippen molar-refractivity contribution in [2.75, 3.05) is 25.0 Å². The number of carbonyl (C=O) groups excluding carboxylic acids is 1. The molecule has 0 bridgehead atoms. The van der Waals surface area contributed by atoms with E-state index in [1.54, 1.807) is 12.3 Å². The fourth-order valence-electron chi connectivity index (χ4n) is 3.24. The second-order valence-electron chi connectivity index (χ2n) is 6.74. The van der Waals surface area contributed by atoms with Gasteiger partial charge < -0.3 is 10.2 Å². The standard InChI is InChI=1S/C20H24ClN3O/c1-15-4-3-11-24(14-15)20(25)17-8-10-23-19(13-17)22-9-7-16-5-2-6-18(21)12-16/h2,5-6,8,10,12-13,15H,3-4,7,9,11,14H2,1H3,(H,22,23). The van der Waals surface area contributed by atoms with E-state index >= 15 is 0 Å². The van der Waals surface area contributed by atoms with Crippen LogP contribution in [0.25, 0.3) is 0 Å². The lowest BCUT2D eigenvalue weighted by Crippen LogP contribution is -2.39. The van der Waals surface area contributed by atoms with Crippen LogP contribution in [0, 0.1) is 5.92 Å². The van der Waals surface area contributed by atoms with Gasteiger partial charge in [0.15, 0.2) is 0 Å². The van der Waals surface area contributed by atoms with Crippen molar-refractivity contribution < 1.29 is 4.79 Å². The predicted molar refractivity (Wildman–Crippen MR) is 102 cm³/mol. The first-order valence-corrected chi connectivity index (χ1v) is 9.23. The van der Waals surface area contributed by atoms with E-state index in [-0.39, 0.29) is 5.91 Å². The molecule has 4 nitrogen and oxygen atoms in total. The summed E-state index contributed by atoms with van der Waals surface area (Å²) in [7, 11) is 0. The van der Waals surface area contributed by atoms with Crippen molar-refractivity contribution in [1.82, 2.24) is 9.88 Å². The first-order chi connectivity index (χ1) is 12.1. The number of hydrogen-bond acceptors (Lipinski definition) is 3. The quantitative estimate of drug-likeness (QED) is 0.869. The molecule has 0 aliphatic carbocycles. The fourth-order valence-corrected chi connectivity index (χ4v) is 3.46. The van der Waals surface area contributed by atoms with E-state index in [9.17, 15) is 4.79 Å².